The quantitative estimate of drug-likeness (QED) is 0.137. The lowest BCUT2D eigenvalue weighted by molar-refractivity contribution is 1.07. The minimum atomic E-state index is -2.96. The highest BCUT2D eigenvalue weighted by molar-refractivity contribution is 7.20. The van der Waals surface area contributed by atoms with Crippen LogP contribution in [0.3, 0.4) is 0 Å². The Balaban J connectivity index is 1.35. The van der Waals surface area contributed by atoms with E-state index in [1.807, 2.05) is 43.0 Å². The number of nitrogens with zero attached hydrogens (tertiary/aromatic N) is 5. The second-order valence-electron chi connectivity index (χ2n) is 12.9. The van der Waals surface area contributed by atoms with Crippen molar-refractivity contribution in [2.45, 2.75) is 0 Å². The zero-order valence-electron chi connectivity index (χ0n) is 27.6. The predicted octanol–water partition coefficient (Wildman–Crippen LogP) is 7.44. The maximum absolute atomic E-state index is 4.84. The summed E-state index contributed by atoms with van der Waals surface area (Å²) in [6, 6.07) is 59.5. The van der Waals surface area contributed by atoms with Crippen LogP contribution in [0.4, 0.5) is 0 Å². The molecule has 0 amide bonds. The summed E-state index contributed by atoms with van der Waals surface area (Å²) in [6.45, 7) is 0. The van der Waals surface area contributed by atoms with Crippen molar-refractivity contribution < 1.29 is 0 Å². The molecular weight excluding hydrogens is 639 g/mol. The van der Waals surface area contributed by atoms with E-state index in [2.05, 4.69) is 160 Å². The van der Waals surface area contributed by atoms with Gasteiger partial charge < -0.3 is 0 Å². The number of fused-ring (bicyclic) bond motifs is 6. The van der Waals surface area contributed by atoms with E-state index in [1.165, 1.54) is 36.9 Å². The summed E-state index contributed by atoms with van der Waals surface area (Å²) < 4.78 is 4.58. The van der Waals surface area contributed by atoms with E-state index in [0.29, 0.717) is 0 Å². The Hall–Kier alpha value is -6.63. The Labute approximate surface area is 295 Å². The monoisotopic (exact) mass is 669 g/mol. The molecule has 5 aromatic heterocycles. The molecule has 0 N–H and O–H groups in total. The number of hydrogen-bond donors (Lipinski definition) is 0. The zero-order valence-corrected chi connectivity index (χ0v) is 28.6. The fourth-order valence-electron chi connectivity index (χ4n) is 8.15. The van der Waals surface area contributed by atoms with Gasteiger partial charge in [-0.2, -0.15) is 0 Å². The molecule has 5 aromatic carbocycles. The molecule has 0 bridgehead atoms. The molecule has 0 spiro atoms. The van der Waals surface area contributed by atoms with Crippen molar-refractivity contribution >= 4 is 72.4 Å². The predicted molar refractivity (Wildman–Crippen MR) is 212 cm³/mol. The Morgan fingerprint density at radius 1 is 0.353 bits per heavy atom. The van der Waals surface area contributed by atoms with Crippen LogP contribution in [0.2, 0.25) is 0 Å². The molecule has 6 heteroatoms. The van der Waals surface area contributed by atoms with Crippen LogP contribution in [0.15, 0.2) is 189 Å². The Bertz CT molecular complexity index is 2650. The lowest BCUT2D eigenvalue weighted by Crippen LogP contribution is -2.74. The summed E-state index contributed by atoms with van der Waals surface area (Å²) in [4.78, 5) is 14.2. The van der Waals surface area contributed by atoms with Crippen LogP contribution in [0.25, 0.3) is 55.2 Å². The molecule has 0 saturated carbocycles. The summed E-state index contributed by atoms with van der Waals surface area (Å²) >= 11 is 0. The third-order valence-corrected chi connectivity index (χ3v) is 15.0. The lowest BCUT2D eigenvalue weighted by atomic mass is 10.1. The fourth-order valence-corrected chi connectivity index (χ4v) is 12.9. The van der Waals surface area contributed by atoms with Gasteiger partial charge in [0.1, 0.15) is 11.6 Å². The molecule has 0 atom stereocenters. The fraction of sp³-hybridized carbons (Fsp3) is 0. The highest BCUT2D eigenvalue weighted by Gasteiger charge is 2.42. The summed E-state index contributed by atoms with van der Waals surface area (Å²) in [5, 5.41) is 9.99. The molecule has 0 aliphatic carbocycles. The second-order valence-corrected chi connectivity index (χ2v) is 16.7. The van der Waals surface area contributed by atoms with Crippen molar-refractivity contribution in [1.29, 1.82) is 0 Å². The maximum Gasteiger partial charge on any atom is 0.179 e. The first kappa shape index (κ1) is 29.3. The van der Waals surface area contributed by atoms with E-state index in [1.54, 1.807) is 0 Å². The SMILES string of the molecule is c1ccc([Si](c2ccccc2)(c2ccc3c4ccccc4n(-c4ccccn4)c3c2)c2ccc3c4ccncc4n(-c4ccccn4)c3c2)cc1. The van der Waals surface area contributed by atoms with E-state index >= 15 is 0 Å². The largest absolute Gasteiger partial charge is 0.294 e. The molecule has 0 unspecified atom stereocenters. The lowest BCUT2D eigenvalue weighted by Gasteiger charge is -2.34. The van der Waals surface area contributed by atoms with Crippen LogP contribution in [0.5, 0.6) is 0 Å². The molecule has 0 aliphatic rings. The smallest absolute Gasteiger partial charge is 0.179 e. The Morgan fingerprint density at radius 2 is 0.843 bits per heavy atom. The molecule has 0 saturated heterocycles. The highest BCUT2D eigenvalue weighted by Crippen LogP contribution is 2.33. The first-order valence-electron chi connectivity index (χ1n) is 17.2. The van der Waals surface area contributed by atoms with Crippen molar-refractivity contribution in [1.82, 2.24) is 24.1 Å². The molecule has 5 nitrogen and oxygen atoms in total. The van der Waals surface area contributed by atoms with Crippen molar-refractivity contribution in [2.24, 2.45) is 0 Å². The molecule has 0 aliphatic heterocycles. The molecule has 5 heterocycles. The van der Waals surface area contributed by atoms with Crippen LogP contribution in [-0.4, -0.2) is 32.2 Å². The normalized spacial score (nSPS) is 11.9. The van der Waals surface area contributed by atoms with Crippen LogP contribution < -0.4 is 20.7 Å². The van der Waals surface area contributed by atoms with E-state index in [-0.39, 0.29) is 0 Å². The maximum atomic E-state index is 4.84. The van der Waals surface area contributed by atoms with Gasteiger partial charge in [-0.25, -0.2) is 9.97 Å². The molecular formula is C45H31N5Si. The van der Waals surface area contributed by atoms with Gasteiger partial charge in [-0.15, -0.1) is 0 Å². The number of pyridine rings is 3. The molecule has 10 rings (SSSR count). The number of para-hydroxylation sites is 1. The van der Waals surface area contributed by atoms with Gasteiger partial charge in [0.2, 0.25) is 0 Å². The standard InChI is InChI=1S/C45H31N5Si/c1-3-13-32(14-4-1)51(33-15-5-2-6-16-33,34-21-23-37-36-17-7-8-18-40(36)49(41(37)29-34)44-19-9-11-26-47-44)35-22-24-38-39-25-28-46-31-43(39)50(42(38)30-35)45-20-10-12-27-48-45/h1-31H. The average Bonchev–Trinajstić information content (AvgIpc) is 3.72. The average molecular weight is 670 g/mol. The Morgan fingerprint density at radius 3 is 1.41 bits per heavy atom. The van der Waals surface area contributed by atoms with Gasteiger partial charge in [-0.1, -0.05) is 115 Å². The van der Waals surface area contributed by atoms with Gasteiger partial charge in [0.25, 0.3) is 0 Å². The molecule has 10 aromatic rings. The topological polar surface area (TPSA) is 48.5 Å². The van der Waals surface area contributed by atoms with Crippen LogP contribution in [-0.2, 0) is 0 Å². The van der Waals surface area contributed by atoms with E-state index in [4.69, 9.17) is 9.97 Å². The second kappa shape index (κ2) is 11.8. The van der Waals surface area contributed by atoms with Crippen LogP contribution in [0.1, 0.15) is 0 Å². The third kappa shape index (κ3) is 4.43. The van der Waals surface area contributed by atoms with Gasteiger partial charge in [-0.05, 0) is 69.3 Å². The summed E-state index contributed by atoms with van der Waals surface area (Å²) in [5.41, 5.74) is 4.44. The van der Waals surface area contributed by atoms with Crippen molar-refractivity contribution in [3.05, 3.63) is 189 Å². The minimum absolute atomic E-state index is 0.871. The third-order valence-electron chi connectivity index (χ3n) is 10.3. The number of benzene rings is 5. The van der Waals surface area contributed by atoms with E-state index < -0.39 is 8.07 Å². The van der Waals surface area contributed by atoms with Gasteiger partial charge in [0, 0.05) is 40.1 Å². The van der Waals surface area contributed by atoms with Gasteiger partial charge >= 0.3 is 0 Å². The first-order chi connectivity index (χ1) is 25.3. The molecule has 51 heavy (non-hydrogen) atoms. The highest BCUT2D eigenvalue weighted by atomic mass is 28.3. The summed E-state index contributed by atoms with van der Waals surface area (Å²) in [7, 11) is -2.96. The summed E-state index contributed by atoms with van der Waals surface area (Å²) in [6.07, 6.45) is 7.56. The number of rotatable bonds is 6. The molecule has 240 valence electrons. The first-order valence-corrected chi connectivity index (χ1v) is 19.2. The van der Waals surface area contributed by atoms with Crippen molar-refractivity contribution in [3.8, 4) is 11.6 Å². The summed E-state index contributed by atoms with van der Waals surface area (Å²) in [5.74, 6) is 1.78. The van der Waals surface area contributed by atoms with Crippen molar-refractivity contribution in [3.63, 3.8) is 0 Å². The van der Waals surface area contributed by atoms with E-state index in [9.17, 15) is 0 Å². The number of hydrogen-bond acceptors (Lipinski definition) is 3. The van der Waals surface area contributed by atoms with E-state index in [0.717, 1.165) is 39.1 Å². The zero-order chi connectivity index (χ0) is 33.8. The van der Waals surface area contributed by atoms with Crippen LogP contribution >= 0.6 is 0 Å². The van der Waals surface area contributed by atoms with Gasteiger partial charge in [-0.3, -0.25) is 14.1 Å². The van der Waals surface area contributed by atoms with Crippen molar-refractivity contribution in [2.75, 3.05) is 0 Å². The molecule has 0 radical (unpaired) electrons. The molecule has 0 fully saturated rings. The minimum Gasteiger partial charge on any atom is -0.294 e. The van der Waals surface area contributed by atoms with Crippen LogP contribution in [0, 0.1) is 0 Å². The Kier molecular flexibility index (Phi) is 6.75. The van der Waals surface area contributed by atoms with Gasteiger partial charge in [0.05, 0.1) is 28.3 Å². The number of aromatic nitrogens is 5. The van der Waals surface area contributed by atoms with Gasteiger partial charge in [0.15, 0.2) is 8.07 Å².